The van der Waals surface area contributed by atoms with E-state index in [1.165, 1.54) is 0 Å². The van der Waals surface area contributed by atoms with Crippen LogP contribution in [0.5, 0.6) is 0 Å². The van der Waals surface area contributed by atoms with Gasteiger partial charge in [-0.15, -0.1) is 11.3 Å². The molecule has 1 heterocycles. The first-order valence-corrected chi connectivity index (χ1v) is 9.98. The van der Waals surface area contributed by atoms with Crippen LogP contribution >= 0.6 is 11.3 Å². The van der Waals surface area contributed by atoms with Gasteiger partial charge in [-0.05, 0) is 18.9 Å². The minimum atomic E-state index is -0.473. The summed E-state index contributed by atoms with van der Waals surface area (Å²) in [6.45, 7) is 10.5. The zero-order chi connectivity index (χ0) is 19.0. The van der Waals surface area contributed by atoms with Crippen LogP contribution in [-0.2, 0) is 12.0 Å². The molecular formula is C20H30N4OS. The number of aliphatic hydroxyl groups excluding tert-OH is 1. The van der Waals surface area contributed by atoms with Crippen LogP contribution < -0.4 is 10.6 Å². The first kappa shape index (κ1) is 20.4. The summed E-state index contributed by atoms with van der Waals surface area (Å²) in [6.07, 6.45) is 0.152. The highest BCUT2D eigenvalue weighted by Crippen LogP contribution is 2.25. The molecule has 0 aliphatic rings. The molecule has 0 spiro atoms. The van der Waals surface area contributed by atoms with Crippen LogP contribution in [0.15, 0.2) is 40.7 Å². The summed E-state index contributed by atoms with van der Waals surface area (Å²) in [5.41, 5.74) is 2.00. The van der Waals surface area contributed by atoms with E-state index in [1.54, 1.807) is 11.3 Å². The molecule has 3 N–H and O–H groups in total. The molecule has 5 nitrogen and oxygen atoms in total. The average molecular weight is 375 g/mol. The molecule has 0 saturated heterocycles. The van der Waals surface area contributed by atoms with Gasteiger partial charge in [0.15, 0.2) is 5.96 Å². The predicted octanol–water partition coefficient (Wildman–Crippen LogP) is 3.62. The van der Waals surface area contributed by atoms with E-state index >= 15 is 0 Å². The van der Waals surface area contributed by atoms with Gasteiger partial charge in [-0.25, -0.2) is 9.98 Å². The molecular weight excluding hydrogens is 344 g/mol. The predicted molar refractivity (Wildman–Crippen MR) is 110 cm³/mol. The van der Waals surface area contributed by atoms with E-state index in [1.807, 2.05) is 37.3 Å². The molecule has 1 atom stereocenters. The number of hydrogen-bond donors (Lipinski definition) is 3. The molecule has 1 aromatic carbocycles. The molecule has 2 aromatic rings. The fourth-order valence-electron chi connectivity index (χ4n) is 2.40. The number of aliphatic imine (C=N–C) groups is 1. The summed E-state index contributed by atoms with van der Waals surface area (Å²) in [4.78, 5) is 9.28. The van der Waals surface area contributed by atoms with Gasteiger partial charge in [-0.3, -0.25) is 0 Å². The van der Waals surface area contributed by atoms with Crippen molar-refractivity contribution >= 4 is 17.3 Å². The summed E-state index contributed by atoms with van der Waals surface area (Å²) in [5.74, 6) is 0.748. The fraction of sp³-hybridized carbons (Fsp3) is 0.500. The van der Waals surface area contributed by atoms with E-state index in [0.29, 0.717) is 19.5 Å². The fourth-order valence-corrected chi connectivity index (χ4v) is 3.29. The van der Waals surface area contributed by atoms with E-state index in [0.717, 1.165) is 28.8 Å². The van der Waals surface area contributed by atoms with Gasteiger partial charge in [0, 0.05) is 23.9 Å². The lowest BCUT2D eigenvalue weighted by atomic mass is 9.98. The summed E-state index contributed by atoms with van der Waals surface area (Å²) < 4.78 is 0. The lowest BCUT2D eigenvalue weighted by Crippen LogP contribution is -2.38. The highest BCUT2D eigenvalue weighted by Gasteiger charge is 2.17. The maximum Gasteiger partial charge on any atom is 0.191 e. The summed E-state index contributed by atoms with van der Waals surface area (Å²) in [5, 5.41) is 20.0. The van der Waals surface area contributed by atoms with Crippen molar-refractivity contribution in [3.63, 3.8) is 0 Å². The summed E-state index contributed by atoms with van der Waals surface area (Å²) in [7, 11) is 0. The minimum Gasteiger partial charge on any atom is -0.388 e. The Labute approximate surface area is 160 Å². The van der Waals surface area contributed by atoms with Gasteiger partial charge in [-0.1, -0.05) is 51.1 Å². The molecule has 1 aromatic heterocycles. The number of rotatable bonds is 7. The highest BCUT2D eigenvalue weighted by atomic mass is 32.1. The Balaban J connectivity index is 1.87. The van der Waals surface area contributed by atoms with E-state index < -0.39 is 6.10 Å². The van der Waals surface area contributed by atoms with Crippen LogP contribution in [0.3, 0.4) is 0 Å². The van der Waals surface area contributed by atoms with Gasteiger partial charge >= 0.3 is 0 Å². The number of guanidine groups is 1. The average Bonchev–Trinajstić information content (AvgIpc) is 3.10. The minimum absolute atomic E-state index is 0.0724. The third-order valence-corrected chi connectivity index (χ3v) is 5.15. The number of nitrogens with zero attached hydrogens (tertiary/aromatic N) is 2. The topological polar surface area (TPSA) is 69.5 Å². The standard InChI is InChI=1S/C20H30N4OS/c1-5-21-19(22-12-11-17(25)15-9-7-6-8-10-15)23-13-16-14-26-18(24-16)20(2,3)4/h6-10,14,17,25H,5,11-13H2,1-4H3,(H2,21,22,23). The summed E-state index contributed by atoms with van der Waals surface area (Å²) in [6, 6.07) is 9.72. The monoisotopic (exact) mass is 374 g/mol. The SMILES string of the molecule is CCNC(=NCc1csc(C(C)(C)C)n1)NCCC(O)c1ccccc1. The van der Waals surface area contributed by atoms with Crippen LogP contribution in [-0.4, -0.2) is 29.1 Å². The molecule has 0 bridgehead atoms. The van der Waals surface area contributed by atoms with Crippen molar-refractivity contribution in [3.8, 4) is 0 Å². The van der Waals surface area contributed by atoms with Crippen LogP contribution in [0.25, 0.3) is 0 Å². The molecule has 6 heteroatoms. The highest BCUT2D eigenvalue weighted by molar-refractivity contribution is 7.09. The third-order valence-electron chi connectivity index (χ3n) is 3.83. The molecule has 0 aliphatic heterocycles. The molecule has 0 amide bonds. The van der Waals surface area contributed by atoms with Crippen molar-refractivity contribution in [2.24, 2.45) is 4.99 Å². The molecule has 1 unspecified atom stereocenters. The van der Waals surface area contributed by atoms with E-state index in [2.05, 4.69) is 46.8 Å². The normalized spacial score (nSPS) is 13.5. The van der Waals surface area contributed by atoms with E-state index in [-0.39, 0.29) is 5.41 Å². The second kappa shape index (κ2) is 9.69. The van der Waals surface area contributed by atoms with Gasteiger partial charge in [-0.2, -0.15) is 0 Å². The van der Waals surface area contributed by atoms with Gasteiger partial charge in [0.1, 0.15) is 0 Å². The lowest BCUT2D eigenvalue weighted by Gasteiger charge is -2.14. The van der Waals surface area contributed by atoms with Crippen LogP contribution in [0.2, 0.25) is 0 Å². The molecule has 26 heavy (non-hydrogen) atoms. The van der Waals surface area contributed by atoms with Crippen LogP contribution in [0.1, 0.15) is 56.5 Å². The van der Waals surface area contributed by atoms with Crippen LogP contribution in [0, 0.1) is 0 Å². The van der Waals surface area contributed by atoms with Crippen LogP contribution in [0.4, 0.5) is 0 Å². The van der Waals surface area contributed by atoms with Crippen molar-refractivity contribution < 1.29 is 5.11 Å². The van der Waals surface area contributed by atoms with Gasteiger partial charge in [0.25, 0.3) is 0 Å². The van der Waals surface area contributed by atoms with Crippen molar-refractivity contribution in [2.45, 2.75) is 52.2 Å². The quantitative estimate of drug-likeness (QED) is 0.511. The van der Waals surface area contributed by atoms with Gasteiger partial charge < -0.3 is 15.7 Å². The van der Waals surface area contributed by atoms with Crippen molar-refractivity contribution in [3.05, 3.63) is 52.0 Å². The third kappa shape index (κ3) is 6.42. The zero-order valence-electron chi connectivity index (χ0n) is 16.1. The first-order chi connectivity index (χ1) is 12.4. The Morgan fingerprint density at radius 1 is 1.23 bits per heavy atom. The Kier molecular flexibility index (Phi) is 7.60. The number of aliphatic hydroxyl groups is 1. The van der Waals surface area contributed by atoms with Crippen molar-refractivity contribution in [1.82, 2.24) is 15.6 Å². The lowest BCUT2D eigenvalue weighted by molar-refractivity contribution is 0.168. The largest absolute Gasteiger partial charge is 0.388 e. The maximum absolute atomic E-state index is 10.2. The summed E-state index contributed by atoms with van der Waals surface area (Å²) >= 11 is 1.69. The zero-order valence-corrected chi connectivity index (χ0v) is 16.9. The number of hydrogen-bond acceptors (Lipinski definition) is 4. The smallest absolute Gasteiger partial charge is 0.191 e. The number of aromatic nitrogens is 1. The number of thiazole rings is 1. The maximum atomic E-state index is 10.2. The first-order valence-electron chi connectivity index (χ1n) is 9.10. The molecule has 0 saturated carbocycles. The second-order valence-corrected chi connectivity index (χ2v) is 8.09. The Morgan fingerprint density at radius 3 is 2.58 bits per heavy atom. The van der Waals surface area contributed by atoms with Crippen molar-refractivity contribution in [2.75, 3.05) is 13.1 Å². The number of nitrogens with one attached hydrogen (secondary N) is 2. The van der Waals surface area contributed by atoms with E-state index in [9.17, 15) is 5.11 Å². The molecule has 2 rings (SSSR count). The molecule has 0 fully saturated rings. The Bertz CT molecular complexity index is 691. The molecule has 0 radical (unpaired) electrons. The van der Waals surface area contributed by atoms with Gasteiger partial charge in [0.2, 0.25) is 0 Å². The Hall–Kier alpha value is -1.92. The van der Waals surface area contributed by atoms with Gasteiger partial charge in [0.05, 0.1) is 23.4 Å². The molecule has 0 aliphatic carbocycles. The number of benzene rings is 1. The molecule has 142 valence electrons. The van der Waals surface area contributed by atoms with E-state index in [4.69, 9.17) is 0 Å². The van der Waals surface area contributed by atoms with Crippen molar-refractivity contribution in [1.29, 1.82) is 0 Å². The second-order valence-electron chi connectivity index (χ2n) is 7.23. The Morgan fingerprint density at radius 2 is 1.96 bits per heavy atom.